The van der Waals surface area contributed by atoms with E-state index in [4.69, 9.17) is 8.92 Å². The molecule has 0 aliphatic carbocycles. The van der Waals surface area contributed by atoms with Crippen molar-refractivity contribution in [1.82, 2.24) is 19.3 Å². The van der Waals surface area contributed by atoms with Crippen LogP contribution in [0.3, 0.4) is 0 Å². The number of aliphatic carboxylic acids is 1. The van der Waals surface area contributed by atoms with E-state index in [1.807, 2.05) is 54.9 Å². The number of aromatic nitrogens is 3. The summed E-state index contributed by atoms with van der Waals surface area (Å²) in [7, 11) is -4.02. The van der Waals surface area contributed by atoms with Crippen LogP contribution in [-0.2, 0) is 34.7 Å². The Morgan fingerprint density at radius 1 is 1.08 bits per heavy atom. The van der Waals surface area contributed by atoms with E-state index in [0.29, 0.717) is 36.6 Å². The summed E-state index contributed by atoms with van der Waals surface area (Å²) >= 11 is 0. The van der Waals surface area contributed by atoms with Gasteiger partial charge >= 0.3 is 16.3 Å². The lowest BCUT2D eigenvalue weighted by molar-refractivity contribution is -0.137. The predicted octanol–water partition coefficient (Wildman–Crippen LogP) is 4.08. The van der Waals surface area contributed by atoms with Crippen LogP contribution >= 0.6 is 0 Å². The van der Waals surface area contributed by atoms with Gasteiger partial charge in [-0.05, 0) is 65.9 Å². The van der Waals surface area contributed by atoms with E-state index >= 15 is 0 Å². The van der Waals surface area contributed by atoms with Gasteiger partial charge in [-0.2, -0.15) is 12.7 Å². The molecule has 0 saturated heterocycles. The van der Waals surface area contributed by atoms with Crippen molar-refractivity contribution in [3.05, 3.63) is 81.9 Å². The van der Waals surface area contributed by atoms with Crippen LogP contribution in [0.15, 0.2) is 48.5 Å². The molecule has 1 N–H and O–H groups in total. The lowest BCUT2D eigenvalue weighted by atomic mass is 9.84. The van der Waals surface area contributed by atoms with Crippen molar-refractivity contribution in [3.63, 3.8) is 0 Å². The molecule has 4 aromatic rings. The second-order valence-corrected chi connectivity index (χ2v) is 11.6. The first-order chi connectivity index (χ1) is 18.7. The van der Waals surface area contributed by atoms with Crippen molar-refractivity contribution in [1.29, 1.82) is 0 Å². The second kappa shape index (κ2) is 9.65. The molecular weight excluding hydrogens is 520 g/mol. The first kappa shape index (κ1) is 25.3. The van der Waals surface area contributed by atoms with Gasteiger partial charge in [0.2, 0.25) is 0 Å². The van der Waals surface area contributed by atoms with E-state index in [9.17, 15) is 18.3 Å². The fourth-order valence-electron chi connectivity index (χ4n) is 5.40. The van der Waals surface area contributed by atoms with Crippen LogP contribution in [0.2, 0.25) is 0 Å². The molecule has 2 unspecified atom stereocenters. The number of hydrogen-bond donors (Lipinski definition) is 1. The summed E-state index contributed by atoms with van der Waals surface area (Å²) < 4.78 is 40.6. The van der Waals surface area contributed by atoms with Gasteiger partial charge in [-0.3, -0.25) is 4.79 Å². The highest BCUT2D eigenvalue weighted by Crippen LogP contribution is 2.36. The third kappa shape index (κ3) is 4.72. The van der Waals surface area contributed by atoms with Gasteiger partial charge in [-0.1, -0.05) is 29.5 Å². The Morgan fingerprint density at radius 3 is 2.72 bits per heavy atom. The largest absolute Gasteiger partial charge is 0.494 e. The minimum Gasteiger partial charge on any atom is -0.494 e. The maximum atomic E-state index is 13.0. The quantitative estimate of drug-likeness (QED) is 0.398. The van der Waals surface area contributed by atoms with Crippen molar-refractivity contribution in [2.24, 2.45) is 0 Å². The second-order valence-electron chi connectivity index (χ2n) is 10.1. The van der Waals surface area contributed by atoms with Crippen molar-refractivity contribution < 1.29 is 27.2 Å². The molecular formula is C28H28N4O6S. The number of nitrogens with zero attached hydrogens (tertiary/aromatic N) is 4. The number of fused-ring (bicyclic) bond motifs is 4. The van der Waals surface area contributed by atoms with E-state index in [1.54, 1.807) is 12.1 Å². The van der Waals surface area contributed by atoms with Crippen LogP contribution in [0.25, 0.3) is 11.0 Å². The van der Waals surface area contributed by atoms with Crippen LogP contribution < -0.4 is 8.92 Å². The van der Waals surface area contributed by atoms with Crippen molar-refractivity contribution >= 4 is 27.3 Å². The molecule has 3 aliphatic rings. The van der Waals surface area contributed by atoms with Gasteiger partial charge in [-0.15, -0.1) is 5.10 Å². The average molecular weight is 549 g/mol. The molecule has 0 radical (unpaired) electrons. The summed E-state index contributed by atoms with van der Waals surface area (Å²) in [5.41, 5.74) is 6.50. The predicted molar refractivity (Wildman–Crippen MR) is 143 cm³/mol. The third-order valence-corrected chi connectivity index (χ3v) is 8.81. The zero-order chi connectivity index (χ0) is 27.3. The molecule has 0 amide bonds. The minimum atomic E-state index is -4.02. The van der Waals surface area contributed by atoms with E-state index in [0.717, 1.165) is 38.9 Å². The van der Waals surface area contributed by atoms with Crippen LogP contribution in [0.5, 0.6) is 11.5 Å². The smallest absolute Gasteiger partial charge is 0.385 e. The molecule has 0 spiro atoms. The van der Waals surface area contributed by atoms with Crippen LogP contribution in [0.4, 0.5) is 0 Å². The summed E-state index contributed by atoms with van der Waals surface area (Å²) in [6.07, 6.45) is 0.557. The number of ether oxygens (including phenoxy) is 1. The van der Waals surface area contributed by atoms with Gasteiger partial charge < -0.3 is 14.0 Å². The van der Waals surface area contributed by atoms with Crippen LogP contribution in [0, 0.1) is 13.8 Å². The molecule has 1 aromatic heterocycles. The SMILES string of the molecule is Cc1ccc2cc1CN1Cc3cc(ccc3OS1(=O)=O)OCCCn1nnc3c(C)c(ccc31)C2CC(=O)O. The lowest BCUT2D eigenvalue weighted by Crippen LogP contribution is -2.37. The number of benzene rings is 3. The van der Waals surface area contributed by atoms with Crippen molar-refractivity contribution in [2.45, 2.75) is 52.2 Å². The molecule has 9 bridgehead atoms. The Labute approximate surface area is 226 Å². The maximum Gasteiger partial charge on any atom is 0.385 e. The molecule has 0 fully saturated rings. The number of carboxylic acids is 1. The van der Waals surface area contributed by atoms with Gasteiger partial charge in [-0.25, -0.2) is 4.68 Å². The highest BCUT2D eigenvalue weighted by Gasteiger charge is 2.32. The molecule has 39 heavy (non-hydrogen) atoms. The topological polar surface area (TPSA) is 124 Å². The van der Waals surface area contributed by atoms with Gasteiger partial charge in [0.25, 0.3) is 0 Å². The first-order valence-corrected chi connectivity index (χ1v) is 14.2. The Hall–Kier alpha value is -3.96. The van der Waals surface area contributed by atoms with Gasteiger partial charge in [0.15, 0.2) is 0 Å². The number of carboxylic acid groups (broad SMARTS) is 1. The minimum absolute atomic E-state index is 0.0820. The van der Waals surface area contributed by atoms with Crippen molar-refractivity contribution in [2.75, 3.05) is 6.61 Å². The number of carbonyl (C=O) groups is 1. The van der Waals surface area contributed by atoms with Crippen LogP contribution in [-0.4, -0.2) is 45.4 Å². The zero-order valence-corrected chi connectivity index (χ0v) is 22.4. The van der Waals surface area contributed by atoms with Crippen molar-refractivity contribution in [3.8, 4) is 11.5 Å². The van der Waals surface area contributed by atoms with E-state index in [-0.39, 0.29) is 19.5 Å². The molecule has 3 aromatic carbocycles. The Kier molecular flexibility index (Phi) is 6.27. The number of rotatable bonds is 2. The van der Waals surface area contributed by atoms with Gasteiger partial charge in [0, 0.05) is 37.5 Å². The molecule has 3 aliphatic heterocycles. The van der Waals surface area contributed by atoms with E-state index in [2.05, 4.69) is 10.3 Å². The number of hydrogen-bond acceptors (Lipinski definition) is 7. The molecule has 202 valence electrons. The van der Waals surface area contributed by atoms with E-state index in [1.165, 1.54) is 4.31 Å². The van der Waals surface area contributed by atoms with Gasteiger partial charge in [0.05, 0.1) is 18.5 Å². The van der Waals surface area contributed by atoms with E-state index < -0.39 is 22.2 Å². The summed E-state index contributed by atoms with van der Waals surface area (Å²) in [6, 6.07) is 14.8. The molecule has 10 nitrogen and oxygen atoms in total. The summed E-state index contributed by atoms with van der Waals surface area (Å²) in [5.74, 6) is -0.459. The Bertz CT molecular complexity index is 1710. The fraction of sp³-hybridized carbons (Fsp3) is 0.321. The maximum absolute atomic E-state index is 13.0. The third-order valence-electron chi connectivity index (χ3n) is 7.53. The highest BCUT2D eigenvalue weighted by molar-refractivity contribution is 7.84. The molecule has 2 atom stereocenters. The highest BCUT2D eigenvalue weighted by atomic mass is 32.2. The monoisotopic (exact) mass is 548 g/mol. The first-order valence-electron chi connectivity index (χ1n) is 12.8. The molecule has 0 saturated carbocycles. The normalized spacial score (nSPS) is 20.2. The molecule has 4 heterocycles. The Balaban J connectivity index is 1.50. The molecule has 7 rings (SSSR count). The fourth-order valence-corrected chi connectivity index (χ4v) is 6.49. The molecule has 11 heteroatoms. The van der Waals surface area contributed by atoms with Gasteiger partial charge in [0.1, 0.15) is 17.0 Å². The average Bonchev–Trinajstić information content (AvgIpc) is 3.30. The lowest BCUT2D eigenvalue weighted by Gasteiger charge is -2.29. The number of aryl methyl sites for hydroxylation is 3. The summed E-state index contributed by atoms with van der Waals surface area (Å²) in [5, 5.41) is 18.6. The summed E-state index contributed by atoms with van der Waals surface area (Å²) in [6.45, 7) is 5.09. The standard InChI is InChI=1S/C28H28N4O6S/c1-17-4-5-19-12-20(17)15-31-16-21-13-22(6-9-26(21)38-39(31,35)36)37-11-3-10-32-25-8-7-23(24(19)14-27(33)34)18(2)28(25)29-30-32/h4-9,12-13,24H,3,10-11,14-16H2,1-2H3,(H,33,34). The zero-order valence-electron chi connectivity index (χ0n) is 21.6. The Morgan fingerprint density at radius 2 is 1.90 bits per heavy atom. The van der Waals surface area contributed by atoms with Crippen LogP contribution in [0.1, 0.15) is 52.1 Å². The summed E-state index contributed by atoms with van der Waals surface area (Å²) in [4.78, 5) is 12.0.